The molecular weight excluding hydrogens is 332 g/mol. The first-order valence-corrected chi connectivity index (χ1v) is 7.35. The number of ether oxygens (including phenoxy) is 2. The number of carbonyl (C=O) groups is 1. The summed E-state index contributed by atoms with van der Waals surface area (Å²) in [6.45, 7) is -2.70. The first-order valence-electron chi connectivity index (χ1n) is 7.35. The Labute approximate surface area is 143 Å². The minimum absolute atomic E-state index is 0.0784. The van der Waals surface area contributed by atoms with E-state index in [-0.39, 0.29) is 18.1 Å². The molecule has 0 aliphatic rings. The van der Waals surface area contributed by atoms with E-state index in [0.29, 0.717) is 5.56 Å². The molecule has 0 saturated carbocycles. The normalized spacial score (nSPS) is 10.9. The molecule has 0 aliphatic carbocycles. The van der Waals surface area contributed by atoms with E-state index in [4.69, 9.17) is 9.57 Å². The Bertz CT molecular complexity index is 720. The van der Waals surface area contributed by atoms with Gasteiger partial charge in [0, 0.05) is 6.08 Å². The summed E-state index contributed by atoms with van der Waals surface area (Å²) < 4.78 is 33.9. The van der Waals surface area contributed by atoms with Crippen molar-refractivity contribution in [1.82, 2.24) is 5.48 Å². The summed E-state index contributed by atoms with van der Waals surface area (Å²) in [5, 5.41) is 0. The minimum atomic E-state index is -2.94. The second-order valence-electron chi connectivity index (χ2n) is 4.86. The molecule has 2 aromatic carbocycles. The summed E-state index contributed by atoms with van der Waals surface area (Å²) in [6, 6.07) is 13.7. The largest absolute Gasteiger partial charge is 0.493 e. The van der Waals surface area contributed by atoms with Crippen molar-refractivity contribution in [3.63, 3.8) is 0 Å². The molecule has 1 N–H and O–H groups in total. The predicted molar refractivity (Wildman–Crippen MR) is 88.0 cm³/mol. The van der Waals surface area contributed by atoms with Gasteiger partial charge < -0.3 is 9.47 Å². The smallest absolute Gasteiger partial charge is 0.387 e. The standard InChI is InChI=1S/C18H17F2NO4/c1-23-16-11-13(7-9-15(16)25-18(19)20)8-10-17(22)21-24-12-14-5-3-2-4-6-14/h2-11,18H,12H2,1H3,(H,21,22)/b10-8+. The molecule has 2 rings (SSSR count). The highest BCUT2D eigenvalue weighted by Crippen LogP contribution is 2.29. The fraction of sp³-hybridized carbons (Fsp3) is 0.167. The van der Waals surface area contributed by atoms with Gasteiger partial charge in [0.25, 0.3) is 5.91 Å². The van der Waals surface area contributed by atoms with Crippen molar-refractivity contribution in [2.24, 2.45) is 0 Å². The Hall–Kier alpha value is -2.93. The Morgan fingerprint density at radius 1 is 1.16 bits per heavy atom. The molecule has 0 fully saturated rings. The summed E-state index contributed by atoms with van der Waals surface area (Å²) in [5.74, 6) is -0.392. The van der Waals surface area contributed by atoms with Crippen LogP contribution in [0.1, 0.15) is 11.1 Å². The van der Waals surface area contributed by atoms with Crippen molar-refractivity contribution >= 4 is 12.0 Å². The fourth-order valence-electron chi connectivity index (χ4n) is 1.95. The number of carbonyl (C=O) groups excluding carboxylic acids is 1. The lowest BCUT2D eigenvalue weighted by Crippen LogP contribution is -2.21. The molecule has 132 valence electrons. The summed E-state index contributed by atoms with van der Waals surface area (Å²) in [6.07, 6.45) is 2.75. The van der Waals surface area contributed by atoms with Crippen molar-refractivity contribution in [2.45, 2.75) is 13.2 Å². The van der Waals surface area contributed by atoms with Gasteiger partial charge in [-0.15, -0.1) is 0 Å². The van der Waals surface area contributed by atoms with E-state index >= 15 is 0 Å². The number of hydroxylamine groups is 1. The van der Waals surface area contributed by atoms with Gasteiger partial charge in [-0.3, -0.25) is 9.63 Å². The average molecular weight is 349 g/mol. The quantitative estimate of drug-likeness (QED) is 0.585. The molecule has 0 saturated heterocycles. The highest BCUT2D eigenvalue weighted by Gasteiger charge is 2.10. The van der Waals surface area contributed by atoms with Crippen LogP contribution in [0.2, 0.25) is 0 Å². The number of amides is 1. The minimum Gasteiger partial charge on any atom is -0.493 e. The van der Waals surface area contributed by atoms with Crippen LogP contribution in [0.5, 0.6) is 11.5 Å². The number of alkyl halides is 2. The van der Waals surface area contributed by atoms with Crippen LogP contribution in [0.15, 0.2) is 54.6 Å². The van der Waals surface area contributed by atoms with E-state index in [9.17, 15) is 13.6 Å². The number of nitrogens with one attached hydrogen (secondary N) is 1. The zero-order chi connectivity index (χ0) is 18.1. The first kappa shape index (κ1) is 18.4. The molecule has 0 heterocycles. The Morgan fingerprint density at radius 3 is 2.60 bits per heavy atom. The lowest BCUT2D eigenvalue weighted by atomic mass is 10.2. The van der Waals surface area contributed by atoms with Gasteiger partial charge in [0.15, 0.2) is 11.5 Å². The zero-order valence-electron chi connectivity index (χ0n) is 13.4. The lowest BCUT2D eigenvalue weighted by molar-refractivity contribution is -0.129. The fourth-order valence-corrected chi connectivity index (χ4v) is 1.95. The molecule has 0 aliphatic heterocycles. The number of rotatable bonds is 8. The number of benzene rings is 2. The number of methoxy groups -OCH3 is 1. The maximum Gasteiger partial charge on any atom is 0.387 e. The topological polar surface area (TPSA) is 56.8 Å². The van der Waals surface area contributed by atoms with Crippen molar-refractivity contribution in [3.8, 4) is 11.5 Å². The summed E-state index contributed by atoms with van der Waals surface area (Å²) >= 11 is 0. The Balaban J connectivity index is 1.88. The van der Waals surface area contributed by atoms with E-state index in [1.807, 2.05) is 30.3 Å². The first-order chi connectivity index (χ1) is 12.1. The van der Waals surface area contributed by atoms with Crippen molar-refractivity contribution in [3.05, 3.63) is 65.7 Å². The molecule has 25 heavy (non-hydrogen) atoms. The molecule has 2 aromatic rings. The van der Waals surface area contributed by atoms with E-state index in [0.717, 1.165) is 5.56 Å². The SMILES string of the molecule is COc1cc(/C=C/C(=O)NOCc2ccccc2)ccc1OC(F)F. The lowest BCUT2D eigenvalue weighted by Gasteiger charge is -2.10. The van der Waals surface area contributed by atoms with Crippen LogP contribution in [-0.2, 0) is 16.2 Å². The van der Waals surface area contributed by atoms with Crippen LogP contribution in [0.4, 0.5) is 8.78 Å². The molecule has 7 heteroatoms. The van der Waals surface area contributed by atoms with Crippen LogP contribution in [0, 0.1) is 0 Å². The van der Waals surface area contributed by atoms with Crippen molar-refractivity contribution in [2.75, 3.05) is 7.11 Å². The third-order valence-corrected chi connectivity index (χ3v) is 3.09. The molecule has 1 amide bonds. The van der Waals surface area contributed by atoms with Gasteiger partial charge in [0.05, 0.1) is 13.7 Å². The van der Waals surface area contributed by atoms with Crippen LogP contribution < -0.4 is 15.0 Å². The van der Waals surface area contributed by atoms with E-state index in [1.165, 1.54) is 37.5 Å². The molecule has 0 aromatic heterocycles. The average Bonchev–Trinajstić information content (AvgIpc) is 2.61. The molecule has 0 atom stereocenters. The van der Waals surface area contributed by atoms with Gasteiger partial charge in [-0.25, -0.2) is 5.48 Å². The maximum atomic E-state index is 12.3. The molecule has 0 bridgehead atoms. The van der Waals surface area contributed by atoms with Crippen LogP contribution in [0.3, 0.4) is 0 Å². The van der Waals surface area contributed by atoms with E-state index in [2.05, 4.69) is 10.2 Å². The van der Waals surface area contributed by atoms with Crippen LogP contribution >= 0.6 is 0 Å². The highest BCUT2D eigenvalue weighted by molar-refractivity contribution is 5.91. The zero-order valence-corrected chi connectivity index (χ0v) is 13.4. The van der Waals surface area contributed by atoms with Gasteiger partial charge >= 0.3 is 6.61 Å². The highest BCUT2D eigenvalue weighted by atomic mass is 19.3. The summed E-state index contributed by atoms with van der Waals surface area (Å²) in [4.78, 5) is 16.8. The number of hydrogen-bond acceptors (Lipinski definition) is 4. The second kappa shape index (κ2) is 9.39. The van der Waals surface area contributed by atoms with Crippen LogP contribution in [-0.4, -0.2) is 19.6 Å². The Morgan fingerprint density at radius 2 is 1.92 bits per heavy atom. The third-order valence-electron chi connectivity index (χ3n) is 3.09. The molecule has 0 radical (unpaired) electrons. The van der Waals surface area contributed by atoms with E-state index in [1.54, 1.807) is 0 Å². The number of halogens is 2. The molecule has 0 unspecified atom stereocenters. The third kappa shape index (κ3) is 6.23. The maximum absolute atomic E-state index is 12.3. The predicted octanol–water partition coefficient (Wildman–Crippen LogP) is 3.56. The number of hydrogen-bond donors (Lipinski definition) is 1. The van der Waals surface area contributed by atoms with Gasteiger partial charge in [-0.2, -0.15) is 8.78 Å². The molecular formula is C18H17F2NO4. The van der Waals surface area contributed by atoms with Crippen molar-refractivity contribution in [1.29, 1.82) is 0 Å². The summed E-state index contributed by atoms with van der Waals surface area (Å²) in [7, 11) is 1.34. The Kier molecular flexibility index (Phi) is 6.91. The second-order valence-corrected chi connectivity index (χ2v) is 4.86. The molecule has 0 spiro atoms. The van der Waals surface area contributed by atoms with E-state index < -0.39 is 12.5 Å². The van der Waals surface area contributed by atoms with Gasteiger partial charge in [-0.1, -0.05) is 36.4 Å². The van der Waals surface area contributed by atoms with Gasteiger partial charge in [0.2, 0.25) is 0 Å². The van der Waals surface area contributed by atoms with Crippen molar-refractivity contribution < 1.29 is 27.9 Å². The molecule has 5 nitrogen and oxygen atoms in total. The van der Waals surface area contributed by atoms with Gasteiger partial charge in [0.1, 0.15) is 0 Å². The monoisotopic (exact) mass is 349 g/mol. The van der Waals surface area contributed by atoms with Gasteiger partial charge in [-0.05, 0) is 29.3 Å². The van der Waals surface area contributed by atoms with Crippen LogP contribution in [0.25, 0.3) is 6.08 Å². The summed E-state index contributed by atoms with van der Waals surface area (Å²) in [5.41, 5.74) is 3.79.